The summed E-state index contributed by atoms with van der Waals surface area (Å²) in [6, 6.07) is 0.412. The quantitative estimate of drug-likeness (QED) is 0.650. The second-order valence-electron chi connectivity index (χ2n) is 4.13. The fraction of sp³-hybridized carbons (Fsp3) is 0.818. The van der Waals surface area contributed by atoms with Crippen LogP contribution < -0.4 is 5.32 Å². The third-order valence-electron chi connectivity index (χ3n) is 2.29. The lowest BCUT2D eigenvalue weighted by Crippen LogP contribution is -2.40. The molecule has 0 aliphatic heterocycles. The molecule has 0 saturated carbocycles. The Morgan fingerprint density at radius 2 is 2.07 bits per heavy atom. The van der Waals surface area contributed by atoms with Gasteiger partial charge in [-0.1, -0.05) is 13.0 Å². The molecule has 0 aromatic rings. The van der Waals surface area contributed by atoms with Crippen LogP contribution in [-0.2, 0) is 9.84 Å². The van der Waals surface area contributed by atoms with Gasteiger partial charge in [0.05, 0.1) is 5.75 Å². The first kappa shape index (κ1) is 14.6. The van der Waals surface area contributed by atoms with Crippen molar-refractivity contribution < 1.29 is 8.42 Å². The second-order valence-corrected chi connectivity index (χ2v) is 6.32. The van der Waals surface area contributed by atoms with Gasteiger partial charge in [-0.2, -0.15) is 0 Å². The normalized spacial score (nSPS) is 15.9. The minimum absolute atomic E-state index is 0.0229. The maximum Gasteiger partial charge on any atom is 0.148 e. The predicted molar refractivity (Wildman–Crippen MR) is 65.8 cm³/mol. The van der Waals surface area contributed by atoms with Crippen molar-refractivity contribution in [2.45, 2.75) is 45.2 Å². The van der Waals surface area contributed by atoms with Gasteiger partial charge in [0.2, 0.25) is 0 Å². The van der Waals surface area contributed by atoms with Crippen molar-refractivity contribution in [1.29, 1.82) is 0 Å². The van der Waals surface area contributed by atoms with E-state index < -0.39 is 9.84 Å². The summed E-state index contributed by atoms with van der Waals surface area (Å²) in [5.74, 6) is 0.206. The predicted octanol–water partition coefficient (Wildman–Crippen LogP) is 1.75. The van der Waals surface area contributed by atoms with Crippen LogP contribution >= 0.6 is 0 Å². The molecule has 0 rings (SSSR count). The van der Waals surface area contributed by atoms with E-state index in [0.29, 0.717) is 6.04 Å². The van der Waals surface area contributed by atoms with Gasteiger partial charge in [-0.15, -0.1) is 6.58 Å². The zero-order chi connectivity index (χ0) is 11.9. The smallest absolute Gasteiger partial charge is 0.148 e. The zero-order valence-corrected chi connectivity index (χ0v) is 10.8. The van der Waals surface area contributed by atoms with Gasteiger partial charge in [-0.25, -0.2) is 8.42 Å². The van der Waals surface area contributed by atoms with Gasteiger partial charge < -0.3 is 5.32 Å². The third-order valence-corrected chi connectivity index (χ3v) is 3.39. The van der Waals surface area contributed by atoms with Crippen molar-refractivity contribution >= 4 is 9.84 Å². The highest BCUT2D eigenvalue weighted by atomic mass is 32.2. The van der Waals surface area contributed by atoms with Gasteiger partial charge in [0.25, 0.3) is 0 Å². The molecule has 0 fully saturated rings. The summed E-state index contributed by atoms with van der Waals surface area (Å²) < 4.78 is 22.1. The highest BCUT2D eigenvalue weighted by molar-refractivity contribution is 7.90. The summed E-state index contributed by atoms with van der Waals surface area (Å²) in [7, 11) is -2.88. The monoisotopic (exact) mass is 233 g/mol. The van der Waals surface area contributed by atoms with E-state index in [4.69, 9.17) is 0 Å². The Kier molecular flexibility index (Phi) is 6.85. The maximum absolute atomic E-state index is 11.1. The number of nitrogens with one attached hydrogen (secondary N) is 1. The Bertz CT molecular complexity index is 272. The van der Waals surface area contributed by atoms with E-state index in [1.54, 1.807) is 0 Å². The molecule has 0 amide bonds. The minimum atomic E-state index is -2.88. The lowest BCUT2D eigenvalue weighted by Gasteiger charge is -2.21. The van der Waals surface area contributed by atoms with Crippen LogP contribution in [0.25, 0.3) is 0 Å². The van der Waals surface area contributed by atoms with Crippen molar-refractivity contribution in [2.24, 2.45) is 0 Å². The third kappa shape index (κ3) is 8.63. The molecule has 3 nitrogen and oxygen atoms in total. The molecule has 0 saturated heterocycles. The fourth-order valence-electron chi connectivity index (χ4n) is 1.63. The Hall–Kier alpha value is -0.350. The van der Waals surface area contributed by atoms with Crippen molar-refractivity contribution in [3.05, 3.63) is 12.7 Å². The topological polar surface area (TPSA) is 46.2 Å². The summed E-state index contributed by atoms with van der Waals surface area (Å²) in [6.45, 7) is 7.70. The van der Waals surface area contributed by atoms with Gasteiger partial charge in [0, 0.05) is 18.3 Å². The average molecular weight is 233 g/mol. The van der Waals surface area contributed by atoms with Crippen molar-refractivity contribution in [1.82, 2.24) is 5.32 Å². The number of sulfone groups is 1. The molecule has 2 unspecified atom stereocenters. The molecule has 15 heavy (non-hydrogen) atoms. The number of allylic oxidation sites excluding steroid dienone is 1. The molecule has 0 aromatic heterocycles. The summed E-state index contributed by atoms with van der Waals surface area (Å²) in [4.78, 5) is 0. The molecule has 0 heterocycles. The van der Waals surface area contributed by atoms with Crippen LogP contribution in [0.1, 0.15) is 33.1 Å². The van der Waals surface area contributed by atoms with E-state index in [1.165, 1.54) is 6.26 Å². The average Bonchev–Trinajstić information content (AvgIpc) is 2.09. The molecule has 0 bridgehead atoms. The zero-order valence-electron chi connectivity index (χ0n) is 9.99. The van der Waals surface area contributed by atoms with Crippen LogP contribution in [0.5, 0.6) is 0 Å². The first-order valence-corrected chi connectivity index (χ1v) is 7.49. The minimum Gasteiger partial charge on any atom is -0.310 e. The van der Waals surface area contributed by atoms with Crippen molar-refractivity contribution in [3.8, 4) is 0 Å². The lowest BCUT2D eigenvalue weighted by molar-refractivity contribution is 0.430. The molecular weight excluding hydrogens is 210 g/mol. The first-order chi connectivity index (χ1) is 6.89. The largest absolute Gasteiger partial charge is 0.310 e. The Balaban J connectivity index is 4.00. The number of hydrogen-bond acceptors (Lipinski definition) is 3. The molecule has 0 aliphatic rings. The van der Waals surface area contributed by atoms with E-state index in [1.807, 2.05) is 13.0 Å². The van der Waals surface area contributed by atoms with E-state index >= 15 is 0 Å². The van der Waals surface area contributed by atoms with Crippen molar-refractivity contribution in [2.75, 3.05) is 12.0 Å². The maximum atomic E-state index is 11.1. The van der Waals surface area contributed by atoms with E-state index in [9.17, 15) is 8.42 Å². The van der Waals surface area contributed by atoms with Gasteiger partial charge >= 0.3 is 0 Å². The van der Waals surface area contributed by atoms with Crippen LogP contribution in [0.4, 0.5) is 0 Å². The second kappa shape index (κ2) is 7.01. The summed E-state index contributed by atoms with van der Waals surface area (Å²) in [6.07, 6.45) is 6.18. The van der Waals surface area contributed by atoms with Gasteiger partial charge in [-0.3, -0.25) is 0 Å². The fourth-order valence-corrected chi connectivity index (χ4v) is 2.63. The van der Waals surface area contributed by atoms with Crippen LogP contribution in [-0.4, -0.2) is 32.5 Å². The summed E-state index contributed by atoms with van der Waals surface area (Å²) in [5.41, 5.74) is 0. The SMILES string of the molecule is C=CCCC(CC)NC(C)CS(C)(=O)=O. The van der Waals surface area contributed by atoms with Gasteiger partial charge in [0.15, 0.2) is 0 Å². The molecule has 90 valence electrons. The molecule has 0 spiro atoms. The first-order valence-electron chi connectivity index (χ1n) is 5.43. The lowest BCUT2D eigenvalue weighted by atomic mass is 10.1. The van der Waals surface area contributed by atoms with Crippen molar-refractivity contribution in [3.63, 3.8) is 0 Å². The van der Waals surface area contributed by atoms with E-state index in [-0.39, 0.29) is 11.8 Å². The number of rotatable bonds is 8. The molecule has 2 atom stereocenters. The summed E-state index contributed by atoms with van der Waals surface area (Å²) in [5, 5.41) is 3.33. The molecule has 4 heteroatoms. The van der Waals surface area contributed by atoms with Gasteiger partial charge in [0.1, 0.15) is 9.84 Å². The standard InChI is InChI=1S/C11H23NO2S/c1-5-7-8-11(6-2)12-10(3)9-15(4,13)14/h5,10-12H,1,6-9H2,2-4H3. The number of hydrogen-bond donors (Lipinski definition) is 1. The molecule has 0 radical (unpaired) electrons. The van der Waals surface area contributed by atoms with Crippen LogP contribution in [0.3, 0.4) is 0 Å². The van der Waals surface area contributed by atoms with Gasteiger partial charge in [-0.05, 0) is 26.2 Å². The Labute approximate surface area is 93.9 Å². The van der Waals surface area contributed by atoms with Crippen LogP contribution in [0, 0.1) is 0 Å². The molecular formula is C11H23NO2S. The Morgan fingerprint density at radius 1 is 1.47 bits per heavy atom. The van der Waals surface area contributed by atoms with Crippen LogP contribution in [0.2, 0.25) is 0 Å². The molecule has 0 aromatic carbocycles. The highest BCUT2D eigenvalue weighted by Crippen LogP contribution is 2.04. The Morgan fingerprint density at radius 3 is 2.47 bits per heavy atom. The van der Waals surface area contributed by atoms with E-state index in [0.717, 1.165) is 19.3 Å². The molecule has 1 N–H and O–H groups in total. The highest BCUT2D eigenvalue weighted by Gasteiger charge is 2.13. The van der Waals surface area contributed by atoms with Crippen LogP contribution in [0.15, 0.2) is 12.7 Å². The van der Waals surface area contributed by atoms with E-state index in [2.05, 4.69) is 18.8 Å². The summed E-state index contributed by atoms with van der Waals surface area (Å²) >= 11 is 0. The molecule has 0 aliphatic carbocycles.